The van der Waals surface area contributed by atoms with Crippen molar-refractivity contribution in [1.82, 2.24) is 0 Å². The average molecular weight is 280 g/mol. The first-order valence-electron chi connectivity index (χ1n) is 7.07. The van der Waals surface area contributed by atoms with Crippen molar-refractivity contribution in [2.45, 2.75) is 34.6 Å². The van der Waals surface area contributed by atoms with Gasteiger partial charge in [0.15, 0.2) is 0 Å². The monoisotopic (exact) mass is 280 g/mol. The van der Waals surface area contributed by atoms with Crippen LogP contribution in [-0.4, -0.2) is 11.6 Å². The van der Waals surface area contributed by atoms with Gasteiger partial charge in [-0.3, -0.25) is 9.59 Å². The van der Waals surface area contributed by atoms with Crippen LogP contribution < -0.4 is 0 Å². The lowest BCUT2D eigenvalue weighted by Crippen LogP contribution is -2.18. The smallest absolute Gasteiger partial charge is 0.234 e. The lowest BCUT2D eigenvalue weighted by molar-refractivity contribution is 0.0816. The van der Waals surface area contributed by atoms with Crippen LogP contribution in [0.3, 0.4) is 0 Å². The zero-order chi connectivity index (χ0) is 15.7. The Hall–Kier alpha value is -2.22. The summed E-state index contributed by atoms with van der Waals surface area (Å²) in [6.45, 7) is 9.89. The lowest BCUT2D eigenvalue weighted by atomic mass is 9.86. The fraction of sp³-hybridized carbons (Fsp3) is 0.263. The number of hydrogen-bond acceptors (Lipinski definition) is 2. The standard InChI is InChI=1S/C19H20O2/c1-11-12(2)14(4)17(15(5)13(11)3)19(21)18(20)16-9-7-6-8-10-16/h6-10H,1-5H3. The van der Waals surface area contributed by atoms with Crippen molar-refractivity contribution in [3.05, 3.63) is 69.3 Å². The molecule has 108 valence electrons. The first-order valence-corrected chi connectivity index (χ1v) is 7.07. The summed E-state index contributed by atoms with van der Waals surface area (Å²) in [5, 5.41) is 0. The fourth-order valence-corrected chi connectivity index (χ4v) is 2.67. The van der Waals surface area contributed by atoms with Crippen LogP contribution >= 0.6 is 0 Å². The van der Waals surface area contributed by atoms with Gasteiger partial charge in [0, 0.05) is 11.1 Å². The molecule has 0 saturated carbocycles. The maximum Gasteiger partial charge on any atom is 0.234 e. The third-order valence-corrected chi connectivity index (χ3v) is 4.47. The van der Waals surface area contributed by atoms with Crippen LogP contribution in [0, 0.1) is 34.6 Å². The van der Waals surface area contributed by atoms with E-state index >= 15 is 0 Å². The van der Waals surface area contributed by atoms with Gasteiger partial charge < -0.3 is 0 Å². The number of carbonyl (C=O) groups excluding carboxylic acids is 2. The highest BCUT2D eigenvalue weighted by Crippen LogP contribution is 2.27. The maximum atomic E-state index is 12.7. The molecule has 0 saturated heterocycles. The Bertz CT molecular complexity index is 696. The van der Waals surface area contributed by atoms with Gasteiger partial charge in [-0.2, -0.15) is 0 Å². The molecule has 0 aliphatic carbocycles. The fourth-order valence-electron chi connectivity index (χ4n) is 2.67. The summed E-state index contributed by atoms with van der Waals surface area (Å²) >= 11 is 0. The zero-order valence-corrected chi connectivity index (χ0v) is 13.2. The molecule has 0 aliphatic heterocycles. The molecule has 21 heavy (non-hydrogen) atoms. The number of Topliss-reactive ketones (excluding diaryl/α,β-unsaturated/α-hetero) is 2. The summed E-state index contributed by atoms with van der Waals surface area (Å²) in [4.78, 5) is 25.1. The van der Waals surface area contributed by atoms with Gasteiger partial charge in [0.25, 0.3) is 0 Å². The Morgan fingerprint density at radius 1 is 0.619 bits per heavy atom. The van der Waals surface area contributed by atoms with Crippen molar-refractivity contribution < 1.29 is 9.59 Å². The Kier molecular flexibility index (Phi) is 4.08. The number of ketones is 2. The summed E-state index contributed by atoms with van der Waals surface area (Å²) < 4.78 is 0. The normalized spacial score (nSPS) is 10.5. The molecular formula is C19H20O2. The summed E-state index contributed by atoms with van der Waals surface area (Å²) in [5.74, 6) is -0.855. The molecule has 0 heterocycles. The molecule has 0 unspecified atom stereocenters. The minimum absolute atomic E-state index is 0.414. The van der Waals surface area contributed by atoms with Gasteiger partial charge in [0.05, 0.1) is 0 Å². The van der Waals surface area contributed by atoms with Crippen LogP contribution in [0.2, 0.25) is 0 Å². The number of rotatable bonds is 3. The quantitative estimate of drug-likeness (QED) is 0.620. The molecule has 0 aromatic heterocycles. The molecule has 0 radical (unpaired) electrons. The summed E-state index contributed by atoms with van der Waals surface area (Å²) in [6.07, 6.45) is 0. The molecule has 0 fully saturated rings. The van der Waals surface area contributed by atoms with E-state index in [-0.39, 0.29) is 0 Å². The molecule has 0 N–H and O–H groups in total. The van der Waals surface area contributed by atoms with Crippen molar-refractivity contribution in [2.24, 2.45) is 0 Å². The van der Waals surface area contributed by atoms with Crippen molar-refractivity contribution in [3.63, 3.8) is 0 Å². The van der Waals surface area contributed by atoms with Crippen LogP contribution in [0.25, 0.3) is 0 Å². The van der Waals surface area contributed by atoms with Gasteiger partial charge >= 0.3 is 0 Å². The first kappa shape index (κ1) is 15.2. The Morgan fingerprint density at radius 3 is 1.52 bits per heavy atom. The van der Waals surface area contributed by atoms with E-state index in [9.17, 15) is 9.59 Å². The van der Waals surface area contributed by atoms with Crippen molar-refractivity contribution in [3.8, 4) is 0 Å². The highest BCUT2D eigenvalue weighted by Gasteiger charge is 2.24. The highest BCUT2D eigenvalue weighted by molar-refractivity contribution is 6.49. The summed E-state index contributed by atoms with van der Waals surface area (Å²) in [6, 6.07) is 8.73. The van der Waals surface area contributed by atoms with Gasteiger partial charge in [-0.25, -0.2) is 0 Å². The second-order valence-corrected chi connectivity index (χ2v) is 5.52. The van der Waals surface area contributed by atoms with E-state index in [0.29, 0.717) is 11.1 Å². The van der Waals surface area contributed by atoms with Crippen molar-refractivity contribution >= 4 is 11.6 Å². The predicted molar refractivity (Wildman–Crippen MR) is 85.2 cm³/mol. The second kappa shape index (κ2) is 5.65. The average Bonchev–Trinajstić information content (AvgIpc) is 2.51. The van der Waals surface area contributed by atoms with Crippen LogP contribution in [0.15, 0.2) is 30.3 Å². The zero-order valence-electron chi connectivity index (χ0n) is 13.2. The van der Waals surface area contributed by atoms with Crippen molar-refractivity contribution in [1.29, 1.82) is 0 Å². The van der Waals surface area contributed by atoms with E-state index < -0.39 is 11.6 Å². The van der Waals surface area contributed by atoms with Gasteiger partial charge in [0.1, 0.15) is 0 Å². The van der Waals surface area contributed by atoms with E-state index in [1.807, 2.05) is 33.8 Å². The molecule has 0 aliphatic rings. The molecule has 0 atom stereocenters. The number of carbonyl (C=O) groups is 2. The molecule has 2 rings (SSSR count). The molecule has 0 bridgehead atoms. The Balaban J connectivity index is 2.58. The minimum Gasteiger partial charge on any atom is -0.285 e. The van der Waals surface area contributed by atoms with E-state index in [4.69, 9.17) is 0 Å². The number of benzene rings is 2. The van der Waals surface area contributed by atoms with Gasteiger partial charge in [-0.15, -0.1) is 0 Å². The third-order valence-electron chi connectivity index (χ3n) is 4.47. The first-order chi connectivity index (χ1) is 9.86. The van der Waals surface area contributed by atoms with Gasteiger partial charge in [-0.1, -0.05) is 30.3 Å². The molecule has 0 spiro atoms. The van der Waals surface area contributed by atoms with Gasteiger partial charge in [0.2, 0.25) is 11.6 Å². The van der Waals surface area contributed by atoms with Gasteiger partial charge in [-0.05, 0) is 62.4 Å². The van der Waals surface area contributed by atoms with E-state index in [2.05, 4.69) is 6.92 Å². The van der Waals surface area contributed by atoms with E-state index in [1.165, 1.54) is 5.56 Å². The van der Waals surface area contributed by atoms with Crippen LogP contribution in [0.5, 0.6) is 0 Å². The van der Waals surface area contributed by atoms with Crippen LogP contribution in [-0.2, 0) is 0 Å². The molecular weight excluding hydrogens is 260 g/mol. The third kappa shape index (κ3) is 2.54. The summed E-state index contributed by atoms with van der Waals surface area (Å²) in [7, 11) is 0. The molecule has 2 aromatic rings. The summed E-state index contributed by atoms with van der Waals surface area (Å²) in [5.41, 5.74) is 6.18. The Morgan fingerprint density at radius 2 is 1.05 bits per heavy atom. The molecule has 2 heteroatoms. The van der Waals surface area contributed by atoms with Crippen LogP contribution in [0.4, 0.5) is 0 Å². The highest BCUT2D eigenvalue weighted by atomic mass is 16.2. The molecule has 2 aromatic carbocycles. The molecule has 0 amide bonds. The minimum atomic E-state index is -0.440. The van der Waals surface area contributed by atoms with E-state index in [0.717, 1.165) is 22.3 Å². The van der Waals surface area contributed by atoms with E-state index in [1.54, 1.807) is 24.3 Å². The van der Waals surface area contributed by atoms with Crippen molar-refractivity contribution in [2.75, 3.05) is 0 Å². The van der Waals surface area contributed by atoms with Crippen LogP contribution in [0.1, 0.15) is 48.5 Å². The second-order valence-electron chi connectivity index (χ2n) is 5.52. The molecule has 2 nitrogen and oxygen atoms in total. The lowest BCUT2D eigenvalue weighted by Gasteiger charge is -2.17. The Labute approximate surface area is 125 Å². The SMILES string of the molecule is Cc1c(C)c(C)c(C(=O)C(=O)c2ccccc2)c(C)c1C. The predicted octanol–water partition coefficient (Wildman–Crippen LogP) is 4.29. The number of hydrogen-bond donors (Lipinski definition) is 0. The topological polar surface area (TPSA) is 34.1 Å². The largest absolute Gasteiger partial charge is 0.285 e. The maximum absolute atomic E-state index is 12.7.